The molecule has 2 aromatic carbocycles. The molecule has 1 fully saturated rings. The van der Waals surface area contributed by atoms with Crippen molar-refractivity contribution in [2.45, 2.75) is 24.8 Å². The largest absolute Gasteiger partial charge is 0.487 e. The summed E-state index contributed by atoms with van der Waals surface area (Å²) in [6, 6.07) is 17.2. The van der Waals surface area contributed by atoms with Crippen LogP contribution in [0.4, 0.5) is 0 Å². The summed E-state index contributed by atoms with van der Waals surface area (Å²) in [5, 5.41) is 0. The molecule has 1 saturated heterocycles. The van der Waals surface area contributed by atoms with Gasteiger partial charge in [0.25, 0.3) is 5.56 Å². The van der Waals surface area contributed by atoms with E-state index in [0.717, 1.165) is 11.3 Å². The fourth-order valence-electron chi connectivity index (χ4n) is 3.31. The predicted octanol–water partition coefficient (Wildman–Crippen LogP) is 3.25. The molecular formula is C23H24N2O5S. The smallest absolute Gasteiger partial charge is 0.254 e. The van der Waals surface area contributed by atoms with Crippen LogP contribution >= 0.6 is 0 Å². The summed E-state index contributed by atoms with van der Waals surface area (Å²) in [5.41, 5.74) is 1.70. The minimum atomic E-state index is -3.61. The zero-order valence-corrected chi connectivity index (χ0v) is 18.4. The molecular weight excluding hydrogens is 416 g/mol. The van der Waals surface area contributed by atoms with Gasteiger partial charge in [-0.2, -0.15) is 4.31 Å². The molecule has 1 aliphatic heterocycles. The van der Waals surface area contributed by atoms with Crippen molar-refractivity contribution in [3.05, 3.63) is 82.3 Å². The second-order valence-corrected chi connectivity index (χ2v) is 9.62. The first-order chi connectivity index (χ1) is 14.7. The first-order valence-corrected chi connectivity index (χ1v) is 11.4. The Bertz CT molecular complexity index is 1260. The number of sulfonamides is 1. The third-order valence-corrected chi connectivity index (χ3v) is 7.13. The molecule has 31 heavy (non-hydrogen) atoms. The zero-order valence-electron chi connectivity index (χ0n) is 17.6. The monoisotopic (exact) mass is 440 g/mol. The molecule has 0 unspecified atom stereocenters. The minimum Gasteiger partial charge on any atom is -0.487 e. The van der Waals surface area contributed by atoms with Gasteiger partial charge in [-0.25, -0.2) is 8.42 Å². The fourth-order valence-corrected chi connectivity index (χ4v) is 4.82. The summed E-state index contributed by atoms with van der Waals surface area (Å²) < 4.78 is 40.2. The summed E-state index contributed by atoms with van der Waals surface area (Å²) in [4.78, 5) is 12.1. The van der Waals surface area contributed by atoms with Gasteiger partial charge < -0.3 is 14.0 Å². The number of aromatic nitrogens is 1. The minimum absolute atomic E-state index is 0.160. The van der Waals surface area contributed by atoms with E-state index in [-0.39, 0.29) is 29.6 Å². The van der Waals surface area contributed by atoms with Gasteiger partial charge in [-0.1, -0.05) is 12.1 Å². The summed E-state index contributed by atoms with van der Waals surface area (Å²) in [7, 11) is -1.92. The Balaban J connectivity index is 1.39. The lowest BCUT2D eigenvalue weighted by molar-refractivity contribution is 0.0759. The number of rotatable bonds is 6. The fraction of sp³-hybridized carbons (Fsp3) is 0.261. The van der Waals surface area contributed by atoms with Crippen LogP contribution in [0.3, 0.4) is 0 Å². The lowest BCUT2D eigenvalue weighted by atomic mass is 10.2. The normalized spacial score (nSPS) is 14.8. The number of hydrogen-bond donors (Lipinski definition) is 0. The van der Waals surface area contributed by atoms with Crippen LogP contribution in [0.1, 0.15) is 11.3 Å². The van der Waals surface area contributed by atoms with E-state index in [4.69, 9.17) is 9.47 Å². The van der Waals surface area contributed by atoms with Crippen molar-refractivity contribution < 1.29 is 17.9 Å². The van der Waals surface area contributed by atoms with Crippen molar-refractivity contribution in [3.8, 4) is 17.2 Å². The Kier molecular flexibility index (Phi) is 5.60. The van der Waals surface area contributed by atoms with E-state index in [9.17, 15) is 13.2 Å². The van der Waals surface area contributed by atoms with Gasteiger partial charge >= 0.3 is 0 Å². The molecule has 0 bridgehead atoms. The van der Waals surface area contributed by atoms with Crippen molar-refractivity contribution >= 4 is 10.0 Å². The third kappa shape index (κ3) is 4.50. The Hall–Kier alpha value is -3.10. The Morgan fingerprint density at radius 2 is 1.61 bits per heavy atom. The van der Waals surface area contributed by atoms with Crippen LogP contribution in [-0.4, -0.2) is 36.5 Å². The molecule has 3 aromatic rings. The molecule has 4 rings (SSSR count). The topological polar surface area (TPSA) is 77.8 Å². The average Bonchev–Trinajstić information content (AvgIpc) is 2.69. The van der Waals surface area contributed by atoms with Crippen molar-refractivity contribution in [3.63, 3.8) is 0 Å². The van der Waals surface area contributed by atoms with Crippen LogP contribution in [0.25, 0.3) is 0 Å². The summed E-state index contributed by atoms with van der Waals surface area (Å²) in [6.07, 6.45) is -0.287. The SMILES string of the molecule is Cc1cccc(Oc2ccc(S(=O)(=O)N3CC(Oc4cc(C)n(C)c(=O)c4)C3)cc2)c1. The van der Waals surface area contributed by atoms with Gasteiger partial charge in [-0.05, 0) is 61.9 Å². The highest BCUT2D eigenvalue weighted by Gasteiger charge is 2.38. The number of pyridine rings is 1. The zero-order chi connectivity index (χ0) is 22.2. The van der Waals surface area contributed by atoms with E-state index in [0.29, 0.717) is 17.2 Å². The van der Waals surface area contributed by atoms with Crippen LogP contribution in [0.2, 0.25) is 0 Å². The average molecular weight is 441 g/mol. The van der Waals surface area contributed by atoms with Gasteiger partial charge in [0, 0.05) is 18.8 Å². The van der Waals surface area contributed by atoms with Crippen LogP contribution < -0.4 is 15.0 Å². The van der Waals surface area contributed by atoms with Crippen LogP contribution in [0.5, 0.6) is 17.2 Å². The molecule has 7 nitrogen and oxygen atoms in total. The Labute approximate surface area is 181 Å². The number of aryl methyl sites for hydroxylation is 2. The molecule has 1 aromatic heterocycles. The highest BCUT2D eigenvalue weighted by atomic mass is 32.2. The highest BCUT2D eigenvalue weighted by molar-refractivity contribution is 7.89. The maximum atomic E-state index is 12.9. The highest BCUT2D eigenvalue weighted by Crippen LogP contribution is 2.28. The molecule has 0 N–H and O–H groups in total. The van der Waals surface area contributed by atoms with E-state index < -0.39 is 10.0 Å². The molecule has 8 heteroatoms. The maximum Gasteiger partial charge on any atom is 0.254 e. The molecule has 162 valence electrons. The number of nitrogens with zero attached hydrogens (tertiary/aromatic N) is 2. The van der Waals surface area contributed by atoms with Crippen LogP contribution in [0.15, 0.2) is 70.4 Å². The van der Waals surface area contributed by atoms with Gasteiger partial charge in [0.05, 0.1) is 18.0 Å². The summed E-state index contributed by atoms with van der Waals surface area (Å²) in [5.74, 6) is 1.72. The Morgan fingerprint density at radius 1 is 0.903 bits per heavy atom. The number of ether oxygens (including phenoxy) is 2. The summed E-state index contributed by atoms with van der Waals surface area (Å²) in [6.45, 7) is 4.26. The van der Waals surface area contributed by atoms with E-state index in [2.05, 4.69) is 0 Å². The molecule has 0 spiro atoms. The molecule has 0 atom stereocenters. The quantitative estimate of drug-likeness (QED) is 0.588. The second kappa shape index (κ2) is 8.20. The lowest BCUT2D eigenvalue weighted by Gasteiger charge is -2.37. The standard InChI is InChI=1S/C23H24N2O5S/c1-16-5-4-6-19(11-16)29-18-7-9-22(10-8-18)31(27,28)25-14-21(15-25)30-20-12-17(2)24(3)23(26)13-20/h4-13,21H,14-15H2,1-3H3. The number of benzene rings is 2. The first kappa shape index (κ1) is 21.1. The molecule has 0 radical (unpaired) electrons. The molecule has 2 heterocycles. The van der Waals surface area contributed by atoms with Gasteiger partial charge in [-0.15, -0.1) is 0 Å². The predicted molar refractivity (Wildman–Crippen MR) is 117 cm³/mol. The van der Waals surface area contributed by atoms with Crippen LogP contribution in [-0.2, 0) is 17.1 Å². The van der Waals surface area contributed by atoms with Crippen molar-refractivity contribution in [2.24, 2.45) is 7.05 Å². The third-order valence-electron chi connectivity index (χ3n) is 5.28. The Morgan fingerprint density at radius 3 is 2.26 bits per heavy atom. The first-order valence-electron chi connectivity index (χ1n) is 9.91. The van der Waals surface area contributed by atoms with E-state index in [1.807, 2.05) is 38.1 Å². The van der Waals surface area contributed by atoms with E-state index in [1.54, 1.807) is 37.4 Å². The molecule has 1 aliphatic rings. The summed E-state index contributed by atoms with van der Waals surface area (Å²) >= 11 is 0. The van der Waals surface area contributed by atoms with Crippen molar-refractivity contribution in [1.29, 1.82) is 0 Å². The molecule has 0 aliphatic carbocycles. The van der Waals surface area contributed by atoms with Gasteiger partial charge in [0.1, 0.15) is 23.4 Å². The molecule has 0 saturated carbocycles. The molecule has 0 amide bonds. The van der Waals surface area contributed by atoms with E-state index in [1.165, 1.54) is 14.9 Å². The van der Waals surface area contributed by atoms with Gasteiger partial charge in [0.2, 0.25) is 10.0 Å². The van der Waals surface area contributed by atoms with E-state index >= 15 is 0 Å². The second-order valence-electron chi connectivity index (χ2n) is 7.68. The lowest BCUT2D eigenvalue weighted by Crippen LogP contribution is -2.56. The van der Waals surface area contributed by atoms with Crippen molar-refractivity contribution in [2.75, 3.05) is 13.1 Å². The van der Waals surface area contributed by atoms with Gasteiger partial charge in [0.15, 0.2) is 0 Å². The van der Waals surface area contributed by atoms with Crippen LogP contribution in [0, 0.1) is 13.8 Å². The van der Waals surface area contributed by atoms with Gasteiger partial charge in [-0.3, -0.25) is 4.79 Å². The maximum absolute atomic E-state index is 12.9. The number of hydrogen-bond acceptors (Lipinski definition) is 5. The van der Waals surface area contributed by atoms with Crippen molar-refractivity contribution in [1.82, 2.24) is 8.87 Å².